The summed E-state index contributed by atoms with van der Waals surface area (Å²) in [6.45, 7) is 2.20. The second kappa shape index (κ2) is 27.6. The van der Waals surface area contributed by atoms with Crippen LogP contribution in [-0.2, 0) is 23.9 Å². The summed E-state index contributed by atoms with van der Waals surface area (Å²) in [6, 6.07) is 22.6. The maximum absolute atomic E-state index is 13.3. The minimum Gasteiger partial charge on any atom is -0.508 e. The van der Waals surface area contributed by atoms with Gasteiger partial charge in [0.15, 0.2) is 5.43 Å². The number of urea groups is 1. The Hall–Kier alpha value is -6.65. The second-order valence-electron chi connectivity index (χ2n) is 17.9. The Labute approximate surface area is 436 Å². The van der Waals surface area contributed by atoms with Crippen LogP contribution in [0.3, 0.4) is 0 Å². The lowest BCUT2D eigenvalue weighted by Crippen LogP contribution is -2.38. The SMILES string of the molecule is NN(CCCCCNC(=O)CCSC(C(=O)NCCOCCOCCNC(=O)c1ccc(-c2c3ccc(=O)cc-3oc3cc(O)ccc23)c(C(=O)O)c1)c1ccccc1)C(=O)CCCCC1SC[C@@H]2NC(=O)N[C@H]12. The zero-order valence-corrected chi connectivity index (χ0v) is 42.6. The summed E-state index contributed by atoms with van der Waals surface area (Å²) in [6.07, 6.45) is 5.51. The van der Waals surface area contributed by atoms with Gasteiger partial charge in [0.25, 0.3) is 5.91 Å². The molecular formula is C53H63N7O12S2. The van der Waals surface area contributed by atoms with E-state index in [0.29, 0.717) is 52.6 Å². The number of hydrogen-bond acceptors (Lipinski definition) is 14. The lowest BCUT2D eigenvalue weighted by atomic mass is 9.90. The minimum atomic E-state index is -1.27. The molecule has 2 fully saturated rings. The van der Waals surface area contributed by atoms with E-state index in [9.17, 15) is 43.8 Å². The van der Waals surface area contributed by atoms with Crippen molar-refractivity contribution in [1.29, 1.82) is 0 Å². The fourth-order valence-corrected chi connectivity index (χ4v) is 11.6. The molecule has 7 rings (SSSR count). The Bertz CT molecular complexity index is 2780. The number of rotatable bonds is 29. The number of aromatic hydroxyl groups is 1. The first kappa shape index (κ1) is 55.1. The van der Waals surface area contributed by atoms with Crippen LogP contribution in [0.1, 0.15) is 82.9 Å². The van der Waals surface area contributed by atoms with Crippen LogP contribution in [0.25, 0.3) is 33.4 Å². The standard InChI is InChI=1S/C53H63N7O12S2/c54-60(46(64)12-6-5-11-44-48-41(32-74-44)58-53(69)59-48)23-8-2-7-20-55-45(63)19-28-73-49(33-9-3-1-4-10-33)51(66)57-22-25-71-27-26-70-24-21-56-50(65)34-13-16-37(40(29-34)52(67)68)47-38-17-14-35(61)30-42(38)72-43-31-36(62)15-18-39(43)47/h1,3-4,9-10,13-18,29-31,41,44,48-49,61H,2,5-8,11-12,19-28,32,54H2,(H,55,63)(H,56,65)(H,57,66)(H,67,68)(H2,58,59,69)/t41-,44?,48-,49?/m0/s1. The Morgan fingerprint density at radius 1 is 0.811 bits per heavy atom. The molecule has 9 N–H and O–H groups in total. The highest BCUT2D eigenvalue weighted by Gasteiger charge is 2.42. The number of carboxylic acids is 1. The zero-order chi connectivity index (χ0) is 52.4. The molecule has 0 radical (unpaired) electrons. The first-order chi connectivity index (χ1) is 35.9. The first-order valence-electron chi connectivity index (χ1n) is 24.8. The molecule has 19 nitrogen and oxygen atoms in total. The Morgan fingerprint density at radius 2 is 1.58 bits per heavy atom. The maximum atomic E-state index is 13.3. The molecular weight excluding hydrogens is 991 g/mol. The second-order valence-corrected chi connectivity index (χ2v) is 20.4. The molecule has 3 aromatic carbocycles. The number of nitrogens with two attached hydrogens (primary N) is 1. The number of hydrazine groups is 1. The topological polar surface area (TPSA) is 281 Å². The van der Waals surface area contributed by atoms with E-state index in [1.165, 1.54) is 59.2 Å². The van der Waals surface area contributed by atoms with Crippen molar-refractivity contribution in [3.05, 3.63) is 112 Å². The quantitative estimate of drug-likeness (QED) is 0.00741. The predicted octanol–water partition coefficient (Wildman–Crippen LogP) is 5.43. The van der Waals surface area contributed by atoms with E-state index in [2.05, 4.69) is 26.6 Å². The number of fused-ring (bicyclic) bond motifs is 3. The summed E-state index contributed by atoms with van der Waals surface area (Å²) in [5.41, 5.74) is 1.98. The summed E-state index contributed by atoms with van der Waals surface area (Å²) in [7, 11) is 0. The first-order valence-corrected chi connectivity index (χ1v) is 26.9. The van der Waals surface area contributed by atoms with Crippen molar-refractivity contribution in [2.24, 2.45) is 5.84 Å². The monoisotopic (exact) mass is 1050 g/mol. The normalized spacial score (nSPS) is 16.3. The molecule has 3 aliphatic heterocycles. The Kier molecular flexibility index (Phi) is 20.5. The third-order valence-corrected chi connectivity index (χ3v) is 15.4. The smallest absolute Gasteiger partial charge is 0.336 e. The number of nitrogens with one attached hydrogen (secondary N) is 5. The number of carbonyl (C=O) groups is 6. The lowest BCUT2D eigenvalue weighted by Gasteiger charge is -2.18. The number of nitrogens with zero attached hydrogens (tertiary/aromatic N) is 1. The van der Waals surface area contributed by atoms with Gasteiger partial charge in [-0.2, -0.15) is 11.8 Å². The Morgan fingerprint density at radius 3 is 2.36 bits per heavy atom. The van der Waals surface area contributed by atoms with Gasteiger partial charge in [-0.05, 0) is 79.6 Å². The molecule has 0 aromatic heterocycles. The number of unbranched alkanes of at least 4 members (excludes halogenated alkanes) is 3. The summed E-state index contributed by atoms with van der Waals surface area (Å²) < 4.78 is 17.1. The third kappa shape index (κ3) is 15.4. The third-order valence-electron chi connectivity index (χ3n) is 12.6. The summed E-state index contributed by atoms with van der Waals surface area (Å²) in [5.74, 6) is 5.35. The molecule has 3 aromatic rings. The van der Waals surface area contributed by atoms with E-state index < -0.39 is 17.1 Å². The van der Waals surface area contributed by atoms with Gasteiger partial charge in [-0.15, -0.1) is 11.8 Å². The average molecular weight is 1050 g/mol. The number of ether oxygens (including phenoxy) is 2. The summed E-state index contributed by atoms with van der Waals surface area (Å²) >= 11 is 3.25. The summed E-state index contributed by atoms with van der Waals surface area (Å²) in [4.78, 5) is 87.9. The van der Waals surface area contributed by atoms with E-state index in [1.807, 2.05) is 42.1 Å². The van der Waals surface area contributed by atoms with Gasteiger partial charge in [-0.25, -0.2) is 15.4 Å². The molecule has 1 aliphatic carbocycles. The van der Waals surface area contributed by atoms with E-state index >= 15 is 0 Å². The number of hydrogen-bond donors (Lipinski definition) is 8. The minimum absolute atomic E-state index is 0.0701. The molecule has 394 valence electrons. The van der Waals surface area contributed by atoms with Gasteiger partial charge in [-0.1, -0.05) is 42.8 Å². The highest BCUT2D eigenvalue weighted by molar-refractivity contribution is 8.00. The van der Waals surface area contributed by atoms with E-state index in [1.54, 1.807) is 12.1 Å². The molecule has 6 amide bonds. The average Bonchev–Trinajstić information content (AvgIpc) is 3.96. The maximum Gasteiger partial charge on any atom is 0.336 e. The molecule has 3 heterocycles. The predicted molar refractivity (Wildman–Crippen MR) is 283 cm³/mol. The van der Waals surface area contributed by atoms with Gasteiger partial charge in [-0.3, -0.25) is 29.0 Å². The van der Waals surface area contributed by atoms with Gasteiger partial charge in [0.2, 0.25) is 17.7 Å². The number of carbonyl (C=O) groups excluding carboxylic acids is 5. The van der Waals surface area contributed by atoms with E-state index in [4.69, 9.17) is 19.7 Å². The molecule has 4 aliphatic rings. The van der Waals surface area contributed by atoms with Crippen LogP contribution in [0, 0.1) is 0 Å². The highest BCUT2D eigenvalue weighted by Crippen LogP contribution is 2.42. The summed E-state index contributed by atoms with van der Waals surface area (Å²) in [5, 5.41) is 36.5. The Balaban J connectivity index is 0.733. The number of phenolic OH excluding ortho intramolecular Hbond substituents is 1. The van der Waals surface area contributed by atoms with Crippen molar-refractivity contribution >= 4 is 70.1 Å². The highest BCUT2D eigenvalue weighted by atomic mass is 32.2. The lowest BCUT2D eigenvalue weighted by molar-refractivity contribution is -0.131. The molecule has 2 saturated heterocycles. The molecule has 2 unspecified atom stereocenters. The number of benzene rings is 4. The van der Waals surface area contributed by atoms with Gasteiger partial charge < -0.3 is 50.7 Å². The van der Waals surface area contributed by atoms with Gasteiger partial charge in [0, 0.05) is 90.0 Å². The fraction of sp³-hybridized carbons (Fsp3) is 0.415. The molecule has 21 heteroatoms. The van der Waals surface area contributed by atoms with Crippen LogP contribution in [0.5, 0.6) is 5.75 Å². The number of amides is 6. The zero-order valence-electron chi connectivity index (χ0n) is 40.9. The van der Waals surface area contributed by atoms with Gasteiger partial charge in [0.1, 0.15) is 22.3 Å². The molecule has 4 atom stereocenters. The number of carboxylic acid groups (broad SMARTS) is 1. The molecule has 0 spiro atoms. The van der Waals surface area contributed by atoms with Crippen LogP contribution in [0.4, 0.5) is 4.79 Å². The van der Waals surface area contributed by atoms with Crippen LogP contribution in [0.2, 0.25) is 0 Å². The van der Waals surface area contributed by atoms with Gasteiger partial charge >= 0.3 is 12.0 Å². The fourth-order valence-electron chi connectivity index (χ4n) is 8.88. The van der Waals surface area contributed by atoms with Crippen LogP contribution in [-0.4, -0.2) is 132 Å². The number of thioether (sulfide) groups is 2. The molecule has 74 heavy (non-hydrogen) atoms. The van der Waals surface area contributed by atoms with Crippen molar-refractivity contribution in [1.82, 2.24) is 31.6 Å². The number of phenols is 1. The number of aromatic carboxylic acids is 1. The van der Waals surface area contributed by atoms with Crippen molar-refractivity contribution in [3.63, 3.8) is 0 Å². The van der Waals surface area contributed by atoms with Gasteiger partial charge in [0.05, 0.1) is 44.1 Å². The van der Waals surface area contributed by atoms with Crippen molar-refractivity contribution in [2.75, 3.05) is 64.1 Å². The van der Waals surface area contributed by atoms with Crippen LogP contribution in [0.15, 0.2) is 94.1 Å². The molecule has 0 saturated carbocycles. The molecule has 0 bridgehead atoms. The van der Waals surface area contributed by atoms with Crippen molar-refractivity contribution < 1.29 is 52.9 Å². The van der Waals surface area contributed by atoms with Crippen LogP contribution < -0.4 is 37.9 Å². The van der Waals surface area contributed by atoms with Crippen LogP contribution >= 0.6 is 23.5 Å². The largest absolute Gasteiger partial charge is 0.508 e. The van der Waals surface area contributed by atoms with Crippen molar-refractivity contribution in [3.8, 4) is 28.2 Å². The van der Waals surface area contributed by atoms with E-state index in [-0.39, 0.29) is 115 Å². The van der Waals surface area contributed by atoms with Crippen molar-refractivity contribution in [2.45, 2.75) is 74.0 Å². The van der Waals surface area contributed by atoms with E-state index in [0.717, 1.165) is 49.8 Å².